The Hall–Kier alpha value is -4.06. The molecule has 0 saturated carbocycles. The zero-order valence-electron chi connectivity index (χ0n) is 21.5. The van der Waals surface area contributed by atoms with E-state index in [2.05, 4.69) is 37.1 Å². The molecule has 2 heterocycles. The van der Waals surface area contributed by atoms with Crippen LogP contribution in [0.25, 0.3) is 11.1 Å². The Bertz CT molecular complexity index is 1410. The van der Waals surface area contributed by atoms with E-state index in [4.69, 9.17) is 4.74 Å². The number of aromatic hydroxyl groups is 1. The molecule has 190 valence electrons. The molecule has 5 rings (SSSR count). The first-order valence-corrected chi connectivity index (χ1v) is 12.9. The molecule has 6 nitrogen and oxygen atoms in total. The van der Waals surface area contributed by atoms with Crippen molar-refractivity contribution in [2.24, 2.45) is 0 Å². The van der Waals surface area contributed by atoms with Crippen LogP contribution in [0.1, 0.15) is 41.5 Å². The van der Waals surface area contributed by atoms with Gasteiger partial charge in [0.1, 0.15) is 11.5 Å². The minimum absolute atomic E-state index is 0.141. The van der Waals surface area contributed by atoms with Crippen LogP contribution in [-0.2, 0) is 17.8 Å². The van der Waals surface area contributed by atoms with E-state index in [1.165, 1.54) is 11.1 Å². The van der Waals surface area contributed by atoms with Crippen LogP contribution in [0.5, 0.6) is 11.5 Å². The lowest BCUT2D eigenvalue weighted by Crippen LogP contribution is -2.35. The zero-order chi connectivity index (χ0) is 25.8. The summed E-state index contributed by atoms with van der Waals surface area (Å²) in [6, 6.07) is 19.5. The lowest BCUT2D eigenvalue weighted by molar-refractivity contribution is -0.118. The van der Waals surface area contributed by atoms with Crippen molar-refractivity contribution >= 4 is 11.6 Å². The van der Waals surface area contributed by atoms with Crippen molar-refractivity contribution in [2.75, 3.05) is 18.1 Å². The van der Waals surface area contributed by atoms with Gasteiger partial charge in [-0.15, -0.1) is 0 Å². The van der Waals surface area contributed by atoms with E-state index >= 15 is 0 Å². The number of ether oxygens (including phenoxy) is 1. The van der Waals surface area contributed by atoms with Gasteiger partial charge in [0.25, 0.3) is 0 Å². The Morgan fingerprint density at radius 3 is 2.78 bits per heavy atom. The van der Waals surface area contributed by atoms with Gasteiger partial charge >= 0.3 is 0 Å². The van der Waals surface area contributed by atoms with E-state index in [-0.39, 0.29) is 11.7 Å². The van der Waals surface area contributed by atoms with Gasteiger partial charge < -0.3 is 14.7 Å². The van der Waals surface area contributed by atoms with Crippen molar-refractivity contribution in [2.45, 2.75) is 46.1 Å². The number of carbonyl (C=O) groups is 1. The number of rotatable bonds is 8. The van der Waals surface area contributed by atoms with Gasteiger partial charge in [0.2, 0.25) is 5.91 Å². The summed E-state index contributed by atoms with van der Waals surface area (Å²) >= 11 is 0. The average molecular weight is 496 g/mol. The quantitative estimate of drug-likeness (QED) is 0.302. The lowest BCUT2D eigenvalue weighted by atomic mass is 9.93. The van der Waals surface area contributed by atoms with Crippen LogP contribution in [-0.4, -0.2) is 33.9 Å². The summed E-state index contributed by atoms with van der Waals surface area (Å²) in [7, 11) is 0. The van der Waals surface area contributed by atoms with Gasteiger partial charge in [-0.05, 0) is 85.2 Å². The molecule has 1 amide bonds. The van der Waals surface area contributed by atoms with E-state index in [9.17, 15) is 9.90 Å². The second kappa shape index (κ2) is 10.9. The minimum atomic E-state index is 0.141. The molecule has 0 fully saturated rings. The molecule has 1 aliphatic rings. The number of aromatic nitrogens is 2. The molecule has 4 aromatic rings. The van der Waals surface area contributed by atoms with E-state index in [1.54, 1.807) is 12.1 Å². The zero-order valence-corrected chi connectivity index (χ0v) is 21.5. The number of nitrogens with zero attached hydrogens (tertiary/aromatic N) is 3. The molecule has 0 unspecified atom stereocenters. The molecular formula is C31H33N3O3. The fraction of sp³-hybridized carbons (Fsp3) is 0.290. The highest BCUT2D eigenvalue weighted by Gasteiger charge is 2.24. The van der Waals surface area contributed by atoms with E-state index < -0.39 is 0 Å². The van der Waals surface area contributed by atoms with E-state index in [0.717, 1.165) is 53.1 Å². The maximum absolute atomic E-state index is 13.2. The van der Waals surface area contributed by atoms with Crippen LogP contribution >= 0.6 is 0 Å². The summed E-state index contributed by atoms with van der Waals surface area (Å²) < 4.78 is 7.84. The maximum atomic E-state index is 13.2. The van der Waals surface area contributed by atoms with Crippen molar-refractivity contribution in [1.29, 1.82) is 0 Å². The van der Waals surface area contributed by atoms with Crippen LogP contribution in [0.3, 0.4) is 0 Å². The number of aryl methyl sites for hydroxylation is 1. The van der Waals surface area contributed by atoms with E-state index in [0.29, 0.717) is 26.0 Å². The monoisotopic (exact) mass is 495 g/mol. The van der Waals surface area contributed by atoms with Gasteiger partial charge in [-0.25, -0.2) is 0 Å². The lowest BCUT2D eigenvalue weighted by Gasteiger charge is -2.31. The number of benzene rings is 3. The number of amides is 1. The predicted molar refractivity (Wildman–Crippen MR) is 146 cm³/mol. The second-order valence-corrected chi connectivity index (χ2v) is 9.70. The first kappa shape index (κ1) is 24.6. The summed E-state index contributed by atoms with van der Waals surface area (Å²) in [5.41, 5.74) is 7.71. The highest BCUT2D eigenvalue weighted by molar-refractivity contribution is 5.96. The Morgan fingerprint density at radius 2 is 1.92 bits per heavy atom. The van der Waals surface area contributed by atoms with E-state index in [1.807, 2.05) is 52.3 Å². The van der Waals surface area contributed by atoms with Gasteiger partial charge in [0.05, 0.1) is 19.3 Å². The van der Waals surface area contributed by atoms with Crippen molar-refractivity contribution in [3.8, 4) is 22.6 Å². The maximum Gasteiger partial charge on any atom is 0.227 e. The summed E-state index contributed by atoms with van der Waals surface area (Å²) in [5, 5.41) is 14.3. The Labute approximate surface area is 218 Å². The smallest absolute Gasteiger partial charge is 0.227 e. The third-order valence-electron chi connectivity index (χ3n) is 7.10. The number of hydrogen-bond donors (Lipinski definition) is 1. The molecule has 1 aliphatic heterocycles. The molecule has 1 N–H and O–H groups in total. The molecule has 0 atom stereocenters. The number of anilines is 1. The molecule has 0 bridgehead atoms. The SMILES string of the molecule is Cc1cccc(OCCCC(=O)N2CCCc3c(-c4cnn(Cc5cccc(O)c5)c4)cccc32)c1C. The van der Waals surface area contributed by atoms with Gasteiger partial charge in [0.15, 0.2) is 0 Å². The fourth-order valence-corrected chi connectivity index (χ4v) is 5.01. The summed E-state index contributed by atoms with van der Waals surface area (Å²) in [6.07, 6.45) is 6.92. The van der Waals surface area contributed by atoms with Crippen LogP contribution in [0, 0.1) is 13.8 Å². The third-order valence-corrected chi connectivity index (χ3v) is 7.10. The van der Waals surface area contributed by atoms with Crippen LogP contribution in [0.2, 0.25) is 0 Å². The van der Waals surface area contributed by atoms with Gasteiger partial charge in [-0.3, -0.25) is 9.48 Å². The van der Waals surface area contributed by atoms with Crippen molar-refractivity contribution in [3.05, 3.63) is 95.3 Å². The van der Waals surface area contributed by atoms with Gasteiger partial charge in [-0.1, -0.05) is 36.4 Å². The topological polar surface area (TPSA) is 67.6 Å². The van der Waals surface area contributed by atoms with Crippen molar-refractivity contribution < 1.29 is 14.6 Å². The second-order valence-electron chi connectivity index (χ2n) is 9.70. The number of phenolic OH excluding ortho intramolecular Hbond substituents is 1. The average Bonchev–Trinajstić information content (AvgIpc) is 3.36. The first-order valence-electron chi connectivity index (χ1n) is 12.9. The standard InChI is InChI=1S/C31H33N3O3/c1-22-8-3-14-30(23(22)2)37-17-7-15-31(36)34-16-6-12-28-27(11-5-13-29(28)34)25-19-32-33(21-25)20-24-9-4-10-26(35)18-24/h3-5,8-11,13-14,18-19,21,35H,6-7,12,15-17,20H2,1-2H3. The molecule has 0 spiro atoms. The highest BCUT2D eigenvalue weighted by Crippen LogP contribution is 2.36. The normalized spacial score (nSPS) is 12.9. The van der Waals surface area contributed by atoms with Crippen molar-refractivity contribution in [1.82, 2.24) is 9.78 Å². The van der Waals surface area contributed by atoms with Crippen LogP contribution in [0.4, 0.5) is 5.69 Å². The highest BCUT2D eigenvalue weighted by atomic mass is 16.5. The molecule has 3 aromatic carbocycles. The Morgan fingerprint density at radius 1 is 1.08 bits per heavy atom. The summed E-state index contributed by atoms with van der Waals surface area (Å²) in [6.45, 7) is 5.99. The molecule has 0 radical (unpaired) electrons. The Kier molecular flexibility index (Phi) is 7.26. The largest absolute Gasteiger partial charge is 0.508 e. The summed E-state index contributed by atoms with van der Waals surface area (Å²) in [4.78, 5) is 15.2. The number of hydrogen-bond acceptors (Lipinski definition) is 4. The molecule has 0 aliphatic carbocycles. The van der Waals surface area contributed by atoms with Gasteiger partial charge in [-0.2, -0.15) is 5.10 Å². The Balaban J connectivity index is 1.26. The van der Waals surface area contributed by atoms with Crippen molar-refractivity contribution in [3.63, 3.8) is 0 Å². The van der Waals surface area contributed by atoms with Crippen LogP contribution < -0.4 is 9.64 Å². The fourth-order valence-electron chi connectivity index (χ4n) is 5.01. The summed E-state index contributed by atoms with van der Waals surface area (Å²) in [5.74, 6) is 1.29. The molecule has 6 heteroatoms. The number of fused-ring (bicyclic) bond motifs is 1. The molecule has 0 saturated heterocycles. The third kappa shape index (κ3) is 5.53. The number of carbonyl (C=O) groups excluding carboxylic acids is 1. The predicted octanol–water partition coefficient (Wildman–Crippen LogP) is 6.06. The minimum Gasteiger partial charge on any atom is -0.508 e. The first-order chi connectivity index (χ1) is 18.0. The van der Waals surface area contributed by atoms with Gasteiger partial charge in [0, 0.05) is 30.4 Å². The molecular weight excluding hydrogens is 462 g/mol. The molecule has 1 aromatic heterocycles. The van der Waals surface area contributed by atoms with Crippen LogP contribution in [0.15, 0.2) is 73.1 Å². The molecule has 37 heavy (non-hydrogen) atoms. The number of phenols is 1.